The molecule has 0 spiro atoms. The van der Waals surface area contributed by atoms with Gasteiger partial charge in [0.15, 0.2) is 5.76 Å². The Morgan fingerprint density at radius 2 is 2.12 bits per heavy atom. The molecule has 0 atom stereocenters. The van der Waals surface area contributed by atoms with E-state index in [4.69, 9.17) is 4.42 Å². The zero-order valence-electron chi connectivity index (χ0n) is 8.62. The number of anilines is 1. The van der Waals surface area contributed by atoms with Crippen molar-refractivity contribution in [2.45, 2.75) is 0 Å². The lowest BCUT2D eigenvalue weighted by Crippen LogP contribution is -2.10. The van der Waals surface area contributed by atoms with E-state index in [1.807, 2.05) is 0 Å². The standard InChI is InChI=1S/C11H8N2O4/c14-11(10-5-2-6-17-10)12-8-3-1-4-9(7-8)13(15)16/h1-7H,(H,12,14). The van der Waals surface area contributed by atoms with Crippen molar-refractivity contribution in [2.75, 3.05) is 5.32 Å². The highest BCUT2D eigenvalue weighted by Gasteiger charge is 2.11. The van der Waals surface area contributed by atoms with Crippen molar-refractivity contribution in [3.63, 3.8) is 0 Å². The van der Waals surface area contributed by atoms with Crippen LogP contribution in [0.4, 0.5) is 11.4 Å². The number of nitrogens with zero attached hydrogens (tertiary/aromatic N) is 1. The first kappa shape index (κ1) is 10.9. The maximum atomic E-state index is 11.6. The zero-order valence-corrected chi connectivity index (χ0v) is 8.62. The number of benzene rings is 1. The molecular formula is C11H8N2O4. The Labute approximate surface area is 96.0 Å². The maximum Gasteiger partial charge on any atom is 0.291 e. The Kier molecular flexibility index (Phi) is 2.87. The van der Waals surface area contributed by atoms with Gasteiger partial charge >= 0.3 is 0 Å². The molecule has 1 aromatic carbocycles. The number of amides is 1. The molecule has 1 heterocycles. The molecule has 1 N–H and O–H groups in total. The number of hydrogen-bond acceptors (Lipinski definition) is 4. The van der Waals surface area contributed by atoms with E-state index < -0.39 is 10.8 Å². The normalized spacial score (nSPS) is 9.88. The summed E-state index contributed by atoms with van der Waals surface area (Å²) < 4.78 is 4.90. The van der Waals surface area contributed by atoms with E-state index in [0.717, 1.165) is 0 Å². The molecule has 17 heavy (non-hydrogen) atoms. The number of carbonyl (C=O) groups is 1. The Morgan fingerprint density at radius 3 is 2.76 bits per heavy atom. The molecule has 0 aliphatic rings. The topological polar surface area (TPSA) is 85.4 Å². The van der Waals surface area contributed by atoms with Gasteiger partial charge in [-0.05, 0) is 18.2 Å². The third kappa shape index (κ3) is 2.49. The second-order valence-electron chi connectivity index (χ2n) is 3.24. The summed E-state index contributed by atoms with van der Waals surface area (Å²) in [7, 11) is 0. The second kappa shape index (κ2) is 4.48. The van der Waals surface area contributed by atoms with Crippen molar-refractivity contribution in [1.82, 2.24) is 0 Å². The van der Waals surface area contributed by atoms with Gasteiger partial charge in [-0.1, -0.05) is 6.07 Å². The zero-order chi connectivity index (χ0) is 12.3. The van der Waals surface area contributed by atoms with Crippen molar-refractivity contribution in [3.05, 3.63) is 58.5 Å². The lowest BCUT2D eigenvalue weighted by Gasteiger charge is -2.02. The first-order chi connectivity index (χ1) is 8.16. The average Bonchev–Trinajstić information content (AvgIpc) is 2.82. The lowest BCUT2D eigenvalue weighted by molar-refractivity contribution is -0.384. The summed E-state index contributed by atoms with van der Waals surface area (Å²) in [5.74, 6) is -0.299. The van der Waals surface area contributed by atoms with Crippen LogP contribution in [0.25, 0.3) is 0 Å². The number of nitrogens with one attached hydrogen (secondary N) is 1. The molecule has 2 rings (SSSR count). The molecule has 0 radical (unpaired) electrons. The number of nitro benzene ring substituents is 1. The highest BCUT2D eigenvalue weighted by molar-refractivity contribution is 6.02. The molecule has 0 bridgehead atoms. The van der Waals surface area contributed by atoms with Crippen LogP contribution in [0.1, 0.15) is 10.6 Å². The van der Waals surface area contributed by atoms with Crippen molar-refractivity contribution >= 4 is 17.3 Å². The van der Waals surface area contributed by atoms with Crippen molar-refractivity contribution < 1.29 is 14.1 Å². The highest BCUT2D eigenvalue weighted by Crippen LogP contribution is 2.17. The lowest BCUT2D eigenvalue weighted by atomic mass is 10.2. The van der Waals surface area contributed by atoms with Gasteiger partial charge < -0.3 is 9.73 Å². The molecule has 1 aromatic heterocycles. The van der Waals surface area contributed by atoms with Crippen LogP contribution >= 0.6 is 0 Å². The molecule has 6 nitrogen and oxygen atoms in total. The minimum atomic E-state index is -0.525. The Balaban J connectivity index is 2.16. The molecule has 2 aromatic rings. The summed E-state index contributed by atoms with van der Waals surface area (Å²) in [6, 6.07) is 8.78. The number of nitro groups is 1. The van der Waals surface area contributed by atoms with Gasteiger partial charge in [0.2, 0.25) is 0 Å². The number of hydrogen-bond donors (Lipinski definition) is 1. The monoisotopic (exact) mass is 232 g/mol. The average molecular weight is 232 g/mol. The predicted molar refractivity (Wildman–Crippen MR) is 59.8 cm³/mol. The maximum absolute atomic E-state index is 11.6. The SMILES string of the molecule is O=C(Nc1cccc([N+](=O)[O-])c1)c1ccco1. The molecule has 0 aliphatic carbocycles. The number of non-ortho nitro benzene ring substituents is 1. The summed E-state index contributed by atoms with van der Waals surface area (Å²) in [4.78, 5) is 21.6. The van der Waals surface area contributed by atoms with E-state index in [9.17, 15) is 14.9 Å². The third-order valence-corrected chi connectivity index (χ3v) is 2.06. The van der Waals surface area contributed by atoms with Gasteiger partial charge in [-0.3, -0.25) is 14.9 Å². The van der Waals surface area contributed by atoms with E-state index in [2.05, 4.69) is 5.32 Å². The summed E-state index contributed by atoms with van der Waals surface area (Å²) in [6.45, 7) is 0. The fourth-order valence-electron chi connectivity index (χ4n) is 1.30. The summed E-state index contributed by atoms with van der Waals surface area (Å²) in [6.07, 6.45) is 1.38. The molecule has 86 valence electrons. The van der Waals surface area contributed by atoms with E-state index >= 15 is 0 Å². The van der Waals surface area contributed by atoms with Crippen molar-refractivity contribution in [3.8, 4) is 0 Å². The van der Waals surface area contributed by atoms with E-state index in [1.54, 1.807) is 12.1 Å². The summed E-state index contributed by atoms with van der Waals surface area (Å²) in [5.41, 5.74) is 0.267. The van der Waals surface area contributed by atoms with Gasteiger partial charge in [0, 0.05) is 17.8 Å². The third-order valence-electron chi connectivity index (χ3n) is 2.06. The summed E-state index contributed by atoms with van der Waals surface area (Å²) in [5, 5.41) is 13.0. The minimum Gasteiger partial charge on any atom is -0.459 e. The second-order valence-corrected chi connectivity index (χ2v) is 3.24. The van der Waals surface area contributed by atoms with Crippen LogP contribution in [0.3, 0.4) is 0 Å². The summed E-state index contributed by atoms with van der Waals surface area (Å²) >= 11 is 0. The van der Waals surface area contributed by atoms with Crippen molar-refractivity contribution in [2.24, 2.45) is 0 Å². The predicted octanol–water partition coefficient (Wildman–Crippen LogP) is 2.44. The quantitative estimate of drug-likeness (QED) is 0.650. The van der Waals surface area contributed by atoms with Crippen LogP contribution in [0.2, 0.25) is 0 Å². The molecule has 0 saturated heterocycles. The highest BCUT2D eigenvalue weighted by atomic mass is 16.6. The Bertz CT molecular complexity index is 548. The van der Waals surface area contributed by atoms with E-state index in [0.29, 0.717) is 5.69 Å². The van der Waals surface area contributed by atoms with Gasteiger partial charge in [-0.25, -0.2) is 0 Å². The van der Waals surface area contributed by atoms with Crippen LogP contribution in [0.5, 0.6) is 0 Å². The van der Waals surface area contributed by atoms with Crippen molar-refractivity contribution in [1.29, 1.82) is 0 Å². The van der Waals surface area contributed by atoms with Gasteiger partial charge in [0.05, 0.1) is 11.2 Å². The van der Waals surface area contributed by atoms with Gasteiger partial charge in [0.25, 0.3) is 11.6 Å². The fourth-order valence-corrected chi connectivity index (χ4v) is 1.30. The van der Waals surface area contributed by atoms with E-state index in [-0.39, 0.29) is 11.4 Å². The minimum absolute atomic E-state index is 0.0813. The van der Waals surface area contributed by atoms with Crippen LogP contribution in [0, 0.1) is 10.1 Å². The van der Waals surface area contributed by atoms with Gasteiger partial charge in [-0.2, -0.15) is 0 Å². The molecule has 0 fully saturated rings. The molecular weight excluding hydrogens is 224 g/mol. The number of furan rings is 1. The largest absolute Gasteiger partial charge is 0.459 e. The molecule has 0 unspecified atom stereocenters. The van der Waals surface area contributed by atoms with Crippen LogP contribution in [0.15, 0.2) is 47.1 Å². The molecule has 0 aliphatic heterocycles. The molecule has 1 amide bonds. The smallest absolute Gasteiger partial charge is 0.291 e. The first-order valence-electron chi connectivity index (χ1n) is 4.76. The van der Waals surface area contributed by atoms with Crippen LogP contribution < -0.4 is 5.32 Å². The van der Waals surface area contributed by atoms with E-state index in [1.165, 1.54) is 30.5 Å². The van der Waals surface area contributed by atoms with Crippen LogP contribution in [-0.4, -0.2) is 10.8 Å². The fraction of sp³-hybridized carbons (Fsp3) is 0. The van der Waals surface area contributed by atoms with Gasteiger partial charge in [-0.15, -0.1) is 0 Å². The number of carbonyl (C=O) groups excluding carboxylic acids is 1. The van der Waals surface area contributed by atoms with Gasteiger partial charge in [0.1, 0.15) is 0 Å². The Morgan fingerprint density at radius 1 is 1.29 bits per heavy atom. The molecule has 6 heteroatoms. The Hall–Kier alpha value is -2.63. The van der Waals surface area contributed by atoms with Crippen LogP contribution in [-0.2, 0) is 0 Å². The number of rotatable bonds is 3. The first-order valence-corrected chi connectivity index (χ1v) is 4.76. The molecule has 0 saturated carbocycles.